The zero-order valence-corrected chi connectivity index (χ0v) is 15.0. The van der Waals surface area contributed by atoms with E-state index in [-0.39, 0.29) is 23.2 Å². The molecule has 1 saturated carbocycles. The Morgan fingerprint density at radius 3 is 2.67 bits per heavy atom. The molecule has 2 aliphatic rings. The first-order valence-corrected chi connectivity index (χ1v) is 10.2. The van der Waals surface area contributed by atoms with Crippen LogP contribution in [0, 0.1) is 5.82 Å². The number of carbonyl (C=O) groups excluding carboxylic acids is 1. The van der Waals surface area contributed by atoms with Gasteiger partial charge in [0.2, 0.25) is 5.91 Å². The number of hydrogen-bond acceptors (Lipinski definition) is 3. The first-order chi connectivity index (χ1) is 11.7. The molecule has 1 saturated heterocycles. The van der Waals surface area contributed by atoms with E-state index in [1.54, 1.807) is 0 Å². The van der Waals surface area contributed by atoms with E-state index >= 15 is 0 Å². The summed E-state index contributed by atoms with van der Waals surface area (Å²) in [6.45, 7) is 1.65. The van der Waals surface area contributed by atoms with Crippen LogP contribution in [0.3, 0.4) is 0 Å². The van der Waals surface area contributed by atoms with Gasteiger partial charge in [-0.15, -0.1) is 0 Å². The van der Waals surface area contributed by atoms with E-state index in [2.05, 4.69) is 10.6 Å². The number of carbonyl (C=O) groups is 1. The second-order valence-electron chi connectivity index (χ2n) is 7.05. The van der Waals surface area contributed by atoms with Crippen molar-refractivity contribution in [1.29, 1.82) is 0 Å². The third-order valence-corrected chi connectivity index (χ3v) is 6.45. The molecule has 24 heavy (non-hydrogen) atoms. The van der Waals surface area contributed by atoms with E-state index in [0.29, 0.717) is 13.0 Å². The number of halogens is 1. The second kappa shape index (κ2) is 8.34. The highest BCUT2D eigenvalue weighted by Gasteiger charge is 2.34. The summed E-state index contributed by atoms with van der Waals surface area (Å²) in [5.41, 5.74) is 1.13. The van der Waals surface area contributed by atoms with Crippen LogP contribution in [-0.4, -0.2) is 36.5 Å². The average molecular weight is 351 g/mol. The first kappa shape index (κ1) is 17.7. The highest BCUT2D eigenvalue weighted by molar-refractivity contribution is 7.99. The molecular weight excluding hydrogens is 323 g/mol. The Morgan fingerprint density at radius 1 is 1.25 bits per heavy atom. The number of hydrogen-bond donors (Lipinski definition) is 2. The van der Waals surface area contributed by atoms with Crippen molar-refractivity contribution in [2.45, 2.75) is 50.0 Å². The predicted octanol–water partition coefficient (Wildman–Crippen LogP) is 3.24. The molecule has 2 N–H and O–H groups in total. The van der Waals surface area contributed by atoms with Crippen molar-refractivity contribution >= 4 is 17.7 Å². The Bertz CT molecular complexity index is 537. The molecule has 2 fully saturated rings. The monoisotopic (exact) mass is 350 g/mol. The van der Waals surface area contributed by atoms with Gasteiger partial charge in [0.05, 0.1) is 0 Å². The lowest BCUT2D eigenvalue weighted by Crippen LogP contribution is -2.45. The summed E-state index contributed by atoms with van der Waals surface area (Å²) in [4.78, 5) is 12.4. The Hall–Kier alpha value is -1.07. The fraction of sp³-hybridized carbons (Fsp3) is 0.632. The molecule has 1 heterocycles. The number of benzene rings is 1. The zero-order chi connectivity index (χ0) is 16.8. The largest absolute Gasteiger partial charge is 0.355 e. The molecule has 1 atom stereocenters. The maximum atomic E-state index is 13.3. The molecule has 5 heteroatoms. The number of thioether (sulfide) groups is 1. The molecule has 1 aliphatic carbocycles. The van der Waals surface area contributed by atoms with Gasteiger partial charge < -0.3 is 10.6 Å². The standard InChI is InChI=1S/C19H27FN2OS/c20-16-6-4-15(5-7-16)19(8-2-1-3-9-19)14-22-18(23)12-17-13-24-11-10-21-17/h4-7,17,21H,1-3,8-14H2,(H,22,23). The molecule has 0 aromatic heterocycles. The molecule has 0 bridgehead atoms. The molecule has 1 unspecified atom stereocenters. The van der Waals surface area contributed by atoms with Crippen LogP contribution in [0.25, 0.3) is 0 Å². The molecule has 3 nitrogen and oxygen atoms in total. The lowest BCUT2D eigenvalue weighted by Gasteiger charge is -2.38. The van der Waals surface area contributed by atoms with Gasteiger partial charge in [0.15, 0.2) is 0 Å². The minimum Gasteiger partial charge on any atom is -0.355 e. The van der Waals surface area contributed by atoms with Gasteiger partial charge in [0, 0.05) is 42.5 Å². The van der Waals surface area contributed by atoms with Gasteiger partial charge in [-0.2, -0.15) is 11.8 Å². The van der Waals surface area contributed by atoms with Crippen LogP contribution in [0.4, 0.5) is 4.39 Å². The zero-order valence-electron chi connectivity index (χ0n) is 14.2. The summed E-state index contributed by atoms with van der Waals surface area (Å²) in [6.07, 6.45) is 6.28. The minimum atomic E-state index is -0.199. The fourth-order valence-corrected chi connectivity index (χ4v) is 4.86. The average Bonchev–Trinajstić information content (AvgIpc) is 2.62. The van der Waals surface area contributed by atoms with Crippen molar-refractivity contribution in [3.8, 4) is 0 Å². The van der Waals surface area contributed by atoms with Gasteiger partial charge in [-0.05, 0) is 30.5 Å². The summed E-state index contributed by atoms with van der Waals surface area (Å²) < 4.78 is 13.3. The molecule has 1 aromatic rings. The molecule has 1 amide bonds. The predicted molar refractivity (Wildman–Crippen MR) is 97.9 cm³/mol. The Kier molecular flexibility index (Phi) is 6.17. The quantitative estimate of drug-likeness (QED) is 0.857. The lowest BCUT2D eigenvalue weighted by molar-refractivity contribution is -0.121. The van der Waals surface area contributed by atoms with Gasteiger partial charge in [-0.25, -0.2) is 4.39 Å². The van der Waals surface area contributed by atoms with Crippen molar-refractivity contribution < 1.29 is 9.18 Å². The Labute approximate surface area is 148 Å². The molecule has 0 radical (unpaired) electrons. The molecular formula is C19H27FN2OS. The third-order valence-electron chi connectivity index (χ3n) is 5.32. The second-order valence-corrected chi connectivity index (χ2v) is 8.20. The highest BCUT2D eigenvalue weighted by atomic mass is 32.2. The van der Waals surface area contributed by atoms with Gasteiger partial charge >= 0.3 is 0 Å². The van der Waals surface area contributed by atoms with Gasteiger partial charge in [-0.1, -0.05) is 31.4 Å². The number of amides is 1. The van der Waals surface area contributed by atoms with E-state index in [1.165, 1.54) is 31.4 Å². The summed E-state index contributed by atoms with van der Waals surface area (Å²) in [6, 6.07) is 7.16. The molecule has 1 aromatic carbocycles. The van der Waals surface area contributed by atoms with Crippen molar-refractivity contribution in [3.63, 3.8) is 0 Å². The summed E-state index contributed by atoms with van der Waals surface area (Å²) in [7, 11) is 0. The Morgan fingerprint density at radius 2 is 2.00 bits per heavy atom. The number of rotatable bonds is 5. The summed E-state index contributed by atoms with van der Waals surface area (Å²) >= 11 is 1.91. The van der Waals surface area contributed by atoms with Crippen LogP contribution in [0.15, 0.2) is 24.3 Å². The molecule has 132 valence electrons. The van der Waals surface area contributed by atoms with Crippen LogP contribution >= 0.6 is 11.8 Å². The smallest absolute Gasteiger partial charge is 0.221 e. The van der Waals surface area contributed by atoms with E-state index in [1.807, 2.05) is 23.9 Å². The van der Waals surface area contributed by atoms with Crippen LogP contribution in [-0.2, 0) is 10.2 Å². The Balaban J connectivity index is 1.61. The fourth-order valence-electron chi connectivity index (χ4n) is 3.91. The summed E-state index contributed by atoms with van der Waals surface area (Å²) in [5, 5.41) is 6.58. The van der Waals surface area contributed by atoms with Crippen molar-refractivity contribution in [3.05, 3.63) is 35.6 Å². The lowest BCUT2D eigenvalue weighted by atomic mass is 9.69. The van der Waals surface area contributed by atoms with E-state index in [9.17, 15) is 9.18 Å². The van der Waals surface area contributed by atoms with Crippen molar-refractivity contribution in [2.75, 3.05) is 24.6 Å². The summed E-state index contributed by atoms with van der Waals surface area (Å²) in [5.74, 6) is 2.07. The van der Waals surface area contributed by atoms with Crippen molar-refractivity contribution in [1.82, 2.24) is 10.6 Å². The topological polar surface area (TPSA) is 41.1 Å². The molecule has 3 rings (SSSR count). The van der Waals surface area contributed by atoms with Gasteiger partial charge in [0.1, 0.15) is 5.82 Å². The van der Waals surface area contributed by atoms with E-state index in [0.717, 1.165) is 36.5 Å². The maximum absolute atomic E-state index is 13.3. The minimum absolute atomic E-state index is 0.0314. The van der Waals surface area contributed by atoms with E-state index in [4.69, 9.17) is 0 Å². The highest BCUT2D eigenvalue weighted by Crippen LogP contribution is 2.39. The van der Waals surface area contributed by atoms with Crippen LogP contribution in [0.1, 0.15) is 44.1 Å². The van der Waals surface area contributed by atoms with Gasteiger partial charge in [-0.3, -0.25) is 4.79 Å². The SMILES string of the molecule is O=C(CC1CSCCN1)NCC1(c2ccc(F)cc2)CCCCC1. The molecule has 1 aliphatic heterocycles. The van der Waals surface area contributed by atoms with Crippen molar-refractivity contribution in [2.24, 2.45) is 0 Å². The van der Waals surface area contributed by atoms with Crippen LogP contribution < -0.4 is 10.6 Å². The van der Waals surface area contributed by atoms with Crippen LogP contribution in [0.5, 0.6) is 0 Å². The maximum Gasteiger partial charge on any atom is 0.221 e. The number of nitrogens with one attached hydrogen (secondary N) is 2. The van der Waals surface area contributed by atoms with Gasteiger partial charge in [0.25, 0.3) is 0 Å². The van der Waals surface area contributed by atoms with Crippen LogP contribution in [0.2, 0.25) is 0 Å². The molecule has 0 spiro atoms. The third kappa shape index (κ3) is 4.51. The van der Waals surface area contributed by atoms with E-state index < -0.39 is 0 Å². The normalized spacial score (nSPS) is 23.6. The first-order valence-electron chi connectivity index (χ1n) is 9.02.